The fourth-order valence-electron chi connectivity index (χ4n) is 1.24. The molecular formula is C9H12N5O. The van der Waals surface area contributed by atoms with Gasteiger partial charge in [0.05, 0.1) is 0 Å². The van der Waals surface area contributed by atoms with Crippen LogP contribution in [0.1, 0.15) is 11.4 Å². The van der Waals surface area contributed by atoms with Gasteiger partial charge in [-0.05, 0) is 13.0 Å². The Kier molecular flexibility index (Phi) is 2.51. The van der Waals surface area contributed by atoms with Gasteiger partial charge >= 0.3 is 0 Å². The number of rotatable bonds is 3. The molecule has 0 unspecified atom stereocenters. The molecule has 0 spiro atoms. The van der Waals surface area contributed by atoms with Crippen molar-refractivity contribution >= 4 is 11.7 Å². The summed E-state index contributed by atoms with van der Waals surface area (Å²) >= 11 is 0. The smallest absolute Gasteiger partial charge is 0.204 e. The van der Waals surface area contributed by atoms with Crippen LogP contribution in [0.2, 0.25) is 0 Å². The Morgan fingerprint density at radius 3 is 2.80 bits per heavy atom. The van der Waals surface area contributed by atoms with Crippen LogP contribution >= 0.6 is 0 Å². The van der Waals surface area contributed by atoms with Gasteiger partial charge in [-0.25, -0.2) is 5.32 Å². The molecule has 0 saturated heterocycles. The van der Waals surface area contributed by atoms with E-state index in [1.54, 1.807) is 11.8 Å². The van der Waals surface area contributed by atoms with Crippen molar-refractivity contribution in [2.45, 2.75) is 6.92 Å². The van der Waals surface area contributed by atoms with Gasteiger partial charge in [0.2, 0.25) is 5.84 Å². The van der Waals surface area contributed by atoms with Crippen LogP contribution in [0.5, 0.6) is 0 Å². The fourth-order valence-corrected chi connectivity index (χ4v) is 1.24. The third-order valence-electron chi connectivity index (χ3n) is 2.11. The van der Waals surface area contributed by atoms with Crippen LogP contribution in [0.15, 0.2) is 16.3 Å². The summed E-state index contributed by atoms with van der Waals surface area (Å²) in [4.78, 5) is 0. The number of hydrogen-bond acceptors (Lipinski definition) is 4. The summed E-state index contributed by atoms with van der Waals surface area (Å²) in [5, 5.41) is 16.3. The molecule has 1 radical (unpaired) electrons. The van der Waals surface area contributed by atoms with E-state index in [1.807, 2.05) is 20.0 Å². The third-order valence-corrected chi connectivity index (χ3v) is 2.11. The van der Waals surface area contributed by atoms with Crippen molar-refractivity contribution in [1.29, 1.82) is 0 Å². The summed E-state index contributed by atoms with van der Waals surface area (Å²) in [6.07, 6.45) is 0. The molecule has 0 aromatic carbocycles. The van der Waals surface area contributed by atoms with E-state index in [2.05, 4.69) is 20.6 Å². The van der Waals surface area contributed by atoms with E-state index < -0.39 is 0 Å². The Balaban J connectivity index is 2.10. The second kappa shape index (κ2) is 3.82. The molecule has 15 heavy (non-hydrogen) atoms. The lowest BCUT2D eigenvalue weighted by atomic mass is 10.3. The number of methoxy groups -OCH3 is 1. The Morgan fingerprint density at radius 2 is 2.20 bits per heavy atom. The summed E-state index contributed by atoms with van der Waals surface area (Å²) < 4.78 is 6.69. The van der Waals surface area contributed by atoms with Crippen molar-refractivity contribution in [2.24, 2.45) is 17.3 Å². The molecule has 1 aliphatic heterocycles. The normalized spacial score (nSPS) is 14.9. The molecule has 0 amide bonds. The Bertz CT molecular complexity index is 412. The Morgan fingerprint density at radius 1 is 1.40 bits per heavy atom. The number of nitrogens with zero attached hydrogens (tertiary/aromatic N) is 5. The minimum absolute atomic E-state index is 0.374. The number of aromatic nitrogens is 2. The summed E-state index contributed by atoms with van der Waals surface area (Å²) in [6, 6.07) is 1.92. The number of ether oxygens (including phenoxy) is 1. The van der Waals surface area contributed by atoms with Gasteiger partial charge in [0, 0.05) is 19.9 Å². The van der Waals surface area contributed by atoms with E-state index in [-0.39, 0.29) is 0 Å². The second-order valence-electron chi connectivity index (χ2n) is 3.28. The molecule has 6 heteroatoms. The topological polar surface area (TPSA) is 65.9 Å². The molecule has 0 saturated carbocycles. The zero-order chi connectivity index (χ0) is 10.8. The maximum atomic E-state index is 4.92. The minimum Gasteiger partial charge on any atom is -0.377 e. The van der Waals surface area contributed by atoms with Crippen molar-refractivity contribution in [3.8, 4) is 0 Å². The summed E-state index contributed by atoms with van der Waals surface area (Å²) in [7, 11) is 3.48. The van der Waals surface area contributed by atoms with Gasteiger partial charge in [0.15, 0.2) is 5.84 Å². The minimum atomic E-state index is 0.374. The van der Waals surface area contributed by atoms with E-state index in [0.717, 1.165) is 11.4 Å². The highest BCUT2D eigenvalue weighted by atomic mass is 16.5. The lowest BCUT2D eigenvalue weighted by Gasteiger charge is -1.96. The van der Waals surface area contributed by atoms with Crippen LogP contribution in [-0.4, -0.2) is 35.2 Å². The second-order valence-corrected chi connectivity index (χ2v) is 3.28. The molecule has 0 fully saturated rings. The SMILES string of the molecule is COCC1=NN=C(c2cc(C)n(C)n2)[N]1. The van der Waals surface area contributed by atoms with Crippen LogP contribution in [0.4, 0.5) is 0 Å². The first-order chi connectivity index (χ1) is 7.20. The summed E-state index contributed by atoms with van der Waals surface area (Å²) in [6.45, 7) is 2.35. The largest absolute Gasteiger partial charge is 0.377 e. The van der Waals surface area contributed by atoms with Crippen molar-refractivity contribution < 1.29 is 4.74 Å². The average Bonchev–Trinajstić information content (AvgIpc) is 2.76. The first-order valence-electron chi connectivity index (χ1n) is 4.57. The lowest BCUT2D eigenvalue weighted by Crippen LogP contribution is -2.23. The number of amidine groups is 2. The summed E-state index contributed by atoms with van der Waals surface area (Å²) in [5.74, 6) is 1.13. The van der Waals surface area contributed by atoms with E-state index >= 15 is 0 Å². The molecule has 0 atom stereocenters. The van der Waals surface area contributed by atoms with Crippen molar-refractivity contribution in [3.63, 3.8) is 0 Å². The molecular weight excluding hydrogens is 194 g/mol. The van der Waals surface area contributed by atoms with E-state index in [9.17, 15) is 0 Å². The highest BCUT2D eigenvalue weighted by molar-refractivity contribution is 6.11. The third kappa shape index (κ3) is 1.89. The van der Waals surface area contributed by atoms with Gasteiger partial charge in [-0.1, -0.05) is 0 Å². The molecule has 79 valence electrons. The van der Waals surface area contributed by atoms with Gasteiger partial charge in [0.1, 0.15) is 12.3 Å². The maximum Gasteiger partial charge on any atom is 0.204 e. The van der Waals surface area contributed by atoms with Gasteiger partial charge in [0.25, 0.3) is 0 Å². The van der Waals surface area contributed by atoms with Crippen LogP contribution < -0.4 is 5.32 Å². The zero-order valence-electron chi connectivity index (χ0n) is 8.93. The molecule has 0 bridgehead atoms. The molecule has 0 aliphatic carbocycles. The standard InChI is InChI=1S/C9H12N5O/c1-6-4-7(13-14(6)2)9-10-8(5-15-3)11-12-9/h4H,5H2,1-3H3. The number of hydrogen-bond donors (Lipinski definition) is 0. The predicted molar refractivity (Wildman–Crippen MR) is 55.9 cm³/mol. The van der Waals surface area contributed by atoms with E-state index in [0.29, 0.717) is 18.3 Å². The highest BCUT2D eigenvalue weighted by Crippen LogP contribution is 2.06. The van der Waals surface area contributed by atoms with Crippen LogP contribution in [0.25, 0.3) is 0 Å². The Hall–Kier alpha value is -1.69. The predicted octanol–water partition coefficient (Wildman–Crippen LogP) is 0.0530. The van der Waals surface area contributed by atoms with Crippen molar-refractivity contribution in [1.82, 2.24) is 15.1 Å². The number of aryl methyl sites for hydroxylation is 2. The van der Waals surface area contributed by atoms with Crippen molar-refractivity contribution in [2.75, 3.05) is 13.7 Å². The highest BCUT2D eigenvalue weighted by Gasteiger charge is 2.18. The maximum absolute atomic E-state index is 4.92. The molecule has 1 aromatic heterocycles. The fraction of sp³-hybridized carbons (Fsp3) is 0.444. The van der Waals surface area contributed by atoms with E-state index in [1.165, 1.54) is 0 Å². The molecule has 1 aliphatic rings. The van der Waals surface area contributed by atoms with Crippen LogP contribution in [-0.2, 0) is 11.8 Å². The average molecular weight is 206 g/mol. The van der Waals surface area contributed by atoms with Gasteiger partial charge in [-0.15, -0.1) is 10.2 Å². The van der Waals surface area contributed by atoms with Gasteiger partial charge < -0.3 is 4.74 Å². The van der Waals surface area contributed by atoms with Gasteiger partial charge in [-0.2, -0.15) is 5.10 Å². The van der Waals surface area contributed by atoms with Crippen molar-refractivity contribution in [3.05, 3.63) is 17.5 Å². The first-order valence-corrected chi connectivity index (χ1v) is 4.57. The quantitative estimate of drug-likeness (QED) is 0.701. The monoisotopic (exact) mass is 206 g/mol. The van der Waals surface area contributed by atoms with E-state index in [4.69, 9.17) is 4.74 Å². The molecule has 6 nitrogen and oxygen atoms in total. The molecule has 2 rings (SSSR count). The zero-order valence-corrected chi connectivity index (χ0v) is 8.93. The van der Waals surface area contributed by atoms with Crippen LogP contribution in [0, 0.1) is 6.92 Å². The Labute approximate surface area is 87.6 Å². The van der Waals surface area contributed by atoms with Crippen LogP contribution in [0.3, 0.4) is 0 Å². The lowest BCUT2D eigenvalue weighted by molar-refractivity contribution is 0.243. The molecule has 2 heterocycles. The first kappa shape index (κ1) is 9.85. The summed E-state index contributed by atoms with van der Waals surface area (Å²) in [5.41, 5.74) is 1.80. The molecule has 0 N–H and O–H groups in total. The molecule has 1 aromatic rings. The van der Waals surface area contributed by atoms with Gasteiger partial charge in [-0.3, -0.25) is 4.68 Å².